The molecule has 0 saturated heterocycles. The molecule has 0 aromatic heterocycles. The normalized spacial score (nSPS) is 16.1. The molecule has 0 aliphatic carbocycles. The number of aliphatic hydroxyl groups is 5. The van der Waals surface area contributed by atoms with E-state index in [1.165, 1.54) is 0 Å². The van der Waals surface area contributed by atoms with Gasteiger partial charge in [0.25, 0.3) is 6.29 Å². The van der Waals surface area contributed by atoms with Crippen molar-refractivity contribution in [3.05, 3.63) is 0 Å². The van der Waals surface area contributed by atoms with Crippen LogP contribution in [0.2, 0.25) is 0 Å². The number of aliphatic hydroxyl groups excluding tert-OH is 5. The predicted molar refractivity (Wildman–Crippen MR) is 63.0 cm³/mol. The summed E-state index contributed by atoms with van der Waals surface area (Å²) in [6.45, 7) is -0.427. The van der Waals surface area contributed by atoms with Gasteiger partial charge in [-0.1, -0.05) is 0 Å². The van der Waals surface area contributed by atoms with E-state index in [1.54, 1.807) is 0 Å². The quantitative estimate of drug-likeness (QED) is 0.235. The second-order valence-corrected chi connectivity index (χ2v) is 4.39. The number of esters is 2. The summed E-state index contributed by atoms with van der Waals surface area (Å²) in [5.41, 5.74) is -1.87. The molecule has 9 nitrogen and oxygen atoms in total. The first-order valence-electron chi connectivity index (χ1n) is 5.83. The van der Waals surface area contributed by atoms with E-state index in [2.05, 4.69) is 9.47 Å². The van der Waals surface area contributed by atoms with Gasteiger partial charge >= 0.3 is 11.9 Å². The van der Waals surface area contributed by atoms with Gasteiger partial charge in [0, 0.05) is 0 Å². The van der Waals surface area contributed by atoms with Crippen molar-refractivity contribution in [3.63, 3.8) is 0 Å². The lowest BCUT2D eigenvalue weighted by atomic mass is 9.90. The van der Waals surface area contributed by atoms with Gasteiger partial charge in [-0.2, -0.15) is 0 Å². The average Bonchev–Trinajstić information content (AvgIpc) is 2.40. The highest BCUT2D eigenvalue weighted by Crippen LogP contribution is 2.25. The SMILES string of the molecule is CC(O)C(=O)OC(OC(=O)C(C)O)C(CO)(CO)CO. The average molecular weight is 296 g/mol. The van der Waals surface area contributed by atoms with Crippen molar-refractivity contribution >= 4 is 11.9 Å². The minimum atomic E-state index is -1.87. The van der Waals surface area contributed by atoms with E-state index in [0.29, 0.717) is 0 Å². The fraction of sp³-hybridized carbons (Fsp3) is 0.818. The number of rotatable bonds is 8. The first-order chi connectivity index (χ1) is 9.23. The maximum Gasteiger partial charge on any atom is 0.337 e. The Bertz CT molecular complexity index is 292. The molecule has 0 aliphatic rings. The zero-order valence-electron chi connectivity index (χ0n) is 11.2. The predicted octanol–water partition coefficient (Wildman–Crippen LogP) is -2.88. The molecule has 9 heteroatoms. The molecule has 0 aromatic carbocycles. The van der Waals surface area contributed by atoms with Crippen molar-refractivity contribution in [2.75, 3.05) is 19.8 Å². The Morgan fingerprint density at radius 3 is 1.40 bits per heavy atom. The molecule has 0 aromatic rings. The van der Waals surface area contributed by atoms with Gasteiger partial charge in [-0.3, -0.25) is 0 Å². The molecule has 2 atom stereocenters. The summed E-state index contributed by atoms with van der Waals surface area (Å²) in [6, 6.07) is 0. The van der Waals surface area contributed by atoms with Gasteiger partial charge in [0.1, 0.15) is 17.6 Å². The van der Waals surface area contributed by atoms with Crippen LogP contribution in [0, 0.1) is 5.41 Å². The van der Waals surface area contributed by atoms with E-state index in [9.17, 15) is 24.9 Å². The number of ether oxygens (including phenoxy) is 2. The molecule has 0 rings (SSSR count). The van der Waals surface area contributed by atoms with E-state index in [0.717, 1.165) is 13.8 Å². The Kier molecular flexibility index (Phi) is 7.61. The Morgan fingerprint density at radius 2 is 1.20 bits per heavy atom. The Morgan fingerprint density at radius 1 is 0.900 bits per heavy atom. The van der Waals surface area contributed by atoms with E-state index in [-0.39, 0.29) is 0 Å². The third kappa shape index (κ3) is 4.69. The van der Waals surface area contributed by atoms with Gasteiger partial charge in [0.2, 0.25) is 0 Å². The van der Waals surface area contributed by atoms with Crippen molar-refractivity contribution in [1.29, 1.82) is 0 Å². The minimum Gasteiger partial charge on any atom is -0.422 e. The van der Waals surface area contributed by atoms with Crippen LogP contribution in [0.15, 0.2) is 0 Å². The van der Waals surface area contributed by atoms with Gasteiger partial charge in [-0.25, -0.2) is 9.59 Å². The van der Waals surface area contributed by atoms with Crippen molar-refractivity contribution < 1.29 is 44.6 Å². The zero-order valence-corrected chi connectivity index (χ0v) is 11.2. The van der Waals surface area contributed by atoms with Gasteiger partial charge in [0.15, 0.2) is 0 Å². The Labute approximate surface area is 115 Å². The molecule has 0 aliphatic heterocycles. The van der Waals surface area contributed by atoms with Crippen LogP contribution in [-0.4, -0.2) is 75.8 Å². The molecule has 0 spiro atoms. The van der Waals surface area contributed by atoms with Gasteiger partial charge in [-0.05, 0) is 13.8 Å². The Hall–Kier alpha value is -1.26. The molecule has 0 bridgehead atoms. The summed E-state index contributed by atoms with van der Waals surface area (Å²) in [7, 11) is 0. The maximum absolute atomic E-state index is 11.3. The van der Waals surface area contributed by atoms with Crippen LogP contribution >= 0.6 is 0 Å². The summed E-state index contributed by atoms with van der Waals surface area (Å²) < 4.78 is 9.30. The van der Waals surface area contributed by atoms with Crippen molar-refractivity contribution in [3.8, 4) is 0 Å². The molecule has 0 amide bonds. The number of carbonyl (C=O) groups excluding carboxylic acids is 2. The lowest BCUT2D eigenvalue weighted by Crippen LogP contribution is -2.51. The largest absolute Gasteiger partial charge is 0.422 e. The standard InChI is InChI=1S/C11H20O9/c1-6(15)8(17)19-10(20-9(18)7(2)16)11(3-12,4-13)5-14/h6-7,10,12-16H,3-5H2,1-2H3. The molecule has 20 heavy (non-hydrogen) atoms. The van der Waals surface area contributed by atoms with Crippen molar-refractivity contribution in [2.24, 2.45) is 5.41 Å². The van der Waals surface area contributed by atoms with E-state index >= 15 is 0 Å². The maximum atomic E-state index is 11.3. The topological polar surface area (TPSA) is 154 Å². The summed E-state index contributed by atoms with van der Waals surface area (Å²) in [5.74, 6) is -2.37. The van der Waals surface area contributed by atoms with Gasteiger partial charge in [0.05, 0.1) is 19.8 Å². The van der Waals surface area contributed by atoms with Crippen LogP contribution in [0.1, 0.15) is 13.8 Å². The highest BCUT2D eigenvalue weighted by atomic mass is 16.7. The Balaban J connectivity index is 5.23. The van der Waals surface area contributed by atoms with E-state index < -0.39 is 55.7 Å². The number of hydrogen-bond acceptors (Lipinski definition) is 9. The van der Waals surface area contributed by atoms with Crippen LogP contribution < -0.4 is 0 Å². The van der Waals surface area contributed by atoms with Gasteiger partial charge < -0.3 is 35.0 Å². The van der Waals surface area contributed by atoms with Crippen LogP contribution in [0.25, 0.3) is 0 Å². The monoisotopic (exact) mass is 296 g/mol. The number of carbonyl (C=O) groups is 2. The molecule has 0 fully saturated rings. The van der Waals surface area contributed by atoms with E-state index in [1.807, 2.05) is 0 Å². The van der Waals surface area contributed by atoms with Crippen LogP contribution in [-0.2, 0) is 19.1 Å². The minimum absolute atomic E-state index is 0.870. The first-order valence-corrected chi connectivity index (χ1v) is 5.83. The first kappa shape index (κ1) is 18.7. The summed E-state index contributed by atoms with van der Waals surface area (Å²) in [6.07, 6.45) is -4.96. The fourth-order valence-electron chi connectivity index (χ4n) is 1.06. The van der Waals surface area contributed by atoms with E-state index in [4.69, 9.17) is 10.2 Å². The fourth-order valence-corrected chi connectivity index (χ4v) is 1.06. The molecule has 5 N–H and O–H groups in total. The summed E-state index contributed by atoms with van der Waals surface area (Å²) in [4.78, 5) is 22.7. The molecule has 0 radical (unpaired) electrons. The zero-order chi connectivity index (χ0) is 15.9. The highest BCUT2D eigenvalue weighted by Gasteiger charge is 2.44. The number of hydrogen-bond donors (Lipinski definition) is 5. The van der Waals surface area contributed by atoms with Crippen LogP contribution in [0.4, 0.5) is 0 Å². The summed E-state index contributed by atoms with van der Waals surface area (Å²) in [5, 5.41) is 45.8. The second kappa shape index (κ2) is 8.12. The molecule has 118 valence electrons. The highest BCUT2D eigenvalue weighted by molar-refractivity contribution is 5.75. The van der Waals surface area contributed by atoms with Crippen LogP contribution in [0.5, 0.6) is 0 Å². The molecule has 2 unspecified atom stereocenters. The molecular weight excluding hydrogens is 276 g/mol. The molecule has 0 heterocycles. The lowest BCUT2D eigenvalue weighted by Gasteiger charge is -2.34. The third-order valence-corrected chi connectivity index (χ3v) is 2.57. The second-order valence-electron chi connectivity index (χ2n) is 4.39. The van der Waals surface area contributed by atoms with Crippen LogP contribution in [0.3, 0.4) is 0 Å². The molecular formula is C11H20O9. The van der Waals surface area contributed by atoms with Crippen molar-refractivity contribution in [1.82, 2.24) is 0 Å². The molecule has 0 saturated carbocycles. The van der Waals surface area contributed by atoms with Gasteiger partial charge in [-0.15, -0.1) is 0 Å². The van der Waals surface area contributed by atoms with Crippen molar-refractivity contribution in [2.45, 2.75) is 32.3 Å². The smallest absolute Gasteiger partial charge is 0.337 e. The summed E-state index contributed by atoms with van der Waals surface area (Å²) >= 11 is 0. The lowest BCUT2D eigenvalue weighted by molar-refractivity contribution is -0.237. The third-order valence-electron chi connectivity index (χ3n) is 2.57.